The van der Waals surface area contributed by atoms with Crippen LogP contribution in [0.15, 0.2) is 28.9 Å². The Morgan fingerprint density at radius 3 is 2.83 bits per heavy atom. The highest BCUT2D eigenvalue weighted by Gasteiger charge is 2.57. The molecule has 0 spiro atoms. The number of hydrogen-bond donors (Lipinski definition) is 1. The Balaban J connectivity index is 1.78. The molecule has 162 valence electrons. The second-order valence-corrected chi connectivity index (χ2v) is 10.2. The summed E-state index contributed by atoms with van der Waals surface area (Å²) in [5, 5.41) is 2.31. The van der Waals surface area contributed by atoms with E-state index in [1.165, 1.54) is 24.7 Å². The average Bonchev–Trinajstić information content (AvgIpc) is 3.12. The molecule has 4 heteroatoms. The number of nitrogens with two attached hydrogens (primary N) is 1. The molecule has 2 aliphatic carbocycles. The lowest BCUT2D eigenvalue weighted by molar-refractivity contribution is -0.699. The smallest absolute Gasteiger partial charge is 0.311 e. The summed E-state index contributed by atoms with van der Waals surface area (Å²) in [6, 6.07) is 2.69. The Morgan fingerprint density at radius 1 is 1.38 bits per heavy atom. The van der Waals surface area contributed by atoms with Gasteiger partial charge in [-0.25, -0.2) is 0 Å². The molecule has 1 aromatic heterocycles. The minimum absolute atomic E-state index is 0.0268. The van der Waals surface area contributed by atoms with Crippen LogP contribution < -0.4 is 5.32 Å². The number of carbonyl (C=O) groups excluding carboxylic acids is 1. The second kappa shape index (κ2) is 8.67. The molecule has 4 atom stereocenters. The van der Waals surface area contributed by atoms with Crippen molar-refractivity contribution in [2.24, 2.45) is 22.7 Å². The number of allylic oxidation sites excluding steroid dienone is 1. The number of furan rings is 1. The SMILES string of the molecule is C=C1CC[C@@H]2[C@](C)(CCC[C@]2(C)C(=O)OC)[C@H]1CCc1ccoc1C[NH2+]C(C)C. The van der Waals surface area contributed by atoms with Crippen LogP contribution >= 0.6 is 0 Å². The van der Waals surface area contributed by atoms with Crippen molar-refractivity contribution >= 4 is 5.97 Å². The van der Waals surface area contributed by atoms with Gasteiger partial charge in [-0.05, 0) is 88.2 Å². The number of hydrogen-bond acceptors (Lipinski definition) is 3. The predicted octanol–water partition coefficient (Wildman–Crippen LogP) is 4.64. The zero-order valence-electron chi connectivity index (χ0n) is 19.1. The van der Waals surface area contributed by atoms with E-state index in [9.17, 15) is 4.79 Å². The van der Waals surface area contributed by atoms with Gasteiger partial charge in [0.15, 0.2) is 5.76 Å². The third kappa shape index (κ3) is 4.19. The number of carbonyl (C=O) groups is 1. The van der Waals surface area contributed by atoms with Gasteiger partial charge in [0.25, 0.3) is 0 Å². The number of fused-ring (bicyclic) bond motifs is 1. The highest BCUT2D eigenvalue weighted by atomic mass is 16.5. The molecule has 2 aliphatic rings. The largest absolute Gasteiger partial charge is 0.469 e. The molecule has 2 saturated carbocycles. The minimum Gasteiger partial charge on any atom is -0.469 e. The maximum atomic E-state index is 12.7. The lowest BCUT2D eigenvalue weighted by Gasteiger charge is -2.57. The third-order valence-electron chi connectivity index (χ3n) is 7.99. The fourth-order valence-electron chi connectivity index (χ4n) is 6.37. The highest BCUT2D eigenvalue weighted by Crippen LogP contribution is 2.62. The standard InChI is InChI=1S/C25H39NO3/c1-17(2)26-16-21-19(12-15-29-21)9-10-20-18(3)8-11-22-24(20,4)13-7-14-25(22,5)23(27)28-6/h12,15,17,20,22,26H,3,7-11,13-14,16H2,1-2,4-6H3/p+1/t20-,22+,24+,25-/m0/s1. The molecule has 0 radical (unpaired) electrons. The van der Waals surface area contributed by atoms with E-state index in [-0.39, 0.29) is 16.8 Å². The van der Waals surface area contributed by atoms with Gasteiger partial charge in [-0.3, -0.25) is 4.79 Å². The predicted molar refractivity (Wildman–Crippen MR) is 115 cm³/mol. The summed E-state index contributed by atoms with van der Waals surface area (Å²) >= 11 is 0. The average molecular weight is 403 g/mol. The van der Waals surface area contributed by atoms with Crippen LogP contribution in [0, 0.1) is 22.7 Å². The summed E-state index contributed by atoms with van der Waals surface area (Å²) in [5.74, 6) is 1.89. The van der Waals surface area contributed by atoms with E-state index in [0.717, 1.165) is 50.8 Å². The molecular formula is C25H40NO3+. The molecule has 29 heavy (non-hydrogen) atoms. The molecular weight excluding hydrogens is 362 g/mol. The molecule has 2 fully saturated rings. The Hall–Kier alpha value is -1.55. The molecule has 0 saturated heterocycles. The molecule has 4 nitrogen and oxygen atoms in total. The van der Waals surface area contributed by atoms with Crippen LogP contribution in [-0.4, -0.2) is 19.1 Å². The van der Waals surface area contributed by atoms with Crippen molar-refractivity contribution in [3.63, 3.8) is 0 Å². The summed E-state index contributed by atoms with van der Waals surface area (Å²) in [6.07, 6.45) is 9.20. The number of quaternary nitrogens is 1. The molecule has 0 aromatic carbocycles. The van der Waals surface area contributed by atoms with Crippen molar-refractivity contribution in [2.45, 2.75) is 85.2 Å². The minimum atomic E-state index is -0.367. The summed E-state index contributed by atoms with van der Waals surface area (Å²) in [4.78, 5) is 12.7. The van der Waals surface area contributed by atoms with Crippen LogP contribution in [0.5, 0.6) is 0 Å². The van der Waals surface area contributed by atoms with Crippen LogP contribution in [-0.2, 0) is 22.5 Å². The summed E-state index contributed by atoms with van der Waals surface area (Å²) in [6.45, 7) is 14.3. The Labute approximate surface area is 176 Å². The van der Waals surface area contributed by atoms with Crippen molar-refractivity contribution in [2.75, 3.05) is 7.11 Å². The molecule has 0 bridgehead atoms. The van der Waals surface area contributed by atoms with Gasteiger partial charge in [0.1, 0.15) is 6.54 Å². The van der Waals surface area contributed by atoms with E-state index in [1.807, 2.05) is 6.26 Å². The first-order valence-corrected chi connectivity index (χ1v) is 11.4. The van der Waals surface area contributed by atoms with Gasteiger partial charge < -0.3 is 14.5 Å². The van der Waals surface area contributed by atoms with E-state index in [2.05, 4.69) is 45.7 Å². The van der Waals surface area contributed by atoms with Crippen molar-refractivity contribution in [3.05, 3.63) is 35.8 Å². The molecule has 1 aromatic rings. The Kier molecular flexibility index (Phi) is 6.62. The maximum Gasteiger partial charge on any atom is 0.311 e. The number of aryl methyl sites for hydroxylation is 1. The lowest BCUT2D eigenvalue weighted by atomic mass is 9.46. The lowest BCUT2D eigenvalue weighted by Crippen LogP contribution is -2.86. The number of rotatable bonds is 7. The van der Waals surface area contributed by atoms with Crippen LogP contribution in [0.4, 0.5) is 0 Å². The van der Waals surface area contributed by atoms with Crippen LogP contribution in [0.2, 0.25) is 0 Å². The fraction of sp³-hybridized carbons (Fsp3) is 0.720. The Bertz CT molecular complexity index is 736. The van der Waals surface area contributed by atoms with Crippen molar-refractivity contribution < 1.29 is 19.3 Å². The number of methoxy groups -OCH3 is 1. The number of esters is 1. The van der Waals surface area contributed by atoms with E-state index >= 15 is 0 Å². The summed E-state index contributed by atoms with van der Waals surface area (Å²) in [7, 11) is 1.54. The van der Waals surface area contributed by atoms with Crippen molar-refractivity contribution in [1.82, 2.24) is 0 Å². The quantitative estimate of drug-likeness (QED) is 0.534. The van der Waals surface area contributed by atoms with Crippen LogP contribution in [0.1, 0.15) is 77.5 Å². The van der Waals surface area contributed by atoms with Gasteiger partial charge in [-0.1, -0.05) is 25.5 Å². The van der Waals surface area contributed by atoms with Gasteiger partial charge in [-0.15, -0.1) is 0 Å². The van der Waals surface area contributed by atoms with E-state index in [0.29, 0.717) is 17.9 Å². The van der Waals surface area contributed by atoms with Gasteiger partial charge >= 0.3 is 5.97 Å². The van der Waals surface area contributed by atoms with Crippen molar-refractivity contribution in [3.8, 4) is 0 Å². The Morgan fingerprint density at radius 2 is 2.14 bits per heavy atom. The van der Waals surface area contributed by atoms with Crippen molar-refractivity contribution in [1.29, 1.82) is 0 Å². The normalized spacial score (nSPS) is 32.3. The maximum absolute atomic E-state index is 12.7. The first-order chi connectivity index (χ1) is 13.7. The fourth-order valence-corrected chi connectivity index (χ4v) is 6.37. The van der Waals surface area contributed by atoms with Crippen LogP contribution in [0.3, 0.4) is 0 Å². The zero-order chi connectivity index (χ0) is 21.2. The summed E-state index contributed by atoms with van der Waals surface area (Å²) in [5.41, 5.74) is 2.45. The van der Waals surface area contributed by atoms with E-state index < -0.39 is 0 Å². The summed E-state index contributed by atoms with van der Waals surface area (Å²) < 4.78 is 11.0. The molecule has 0 unspecified atom stereocenters. The second-order valence-electron chi connectivity index (χ2n) is 10.2. The van der Waals surface area contributed by atoms with Crippen LogP contribution in [0.25, 0.3) is 0 Å². The van der Waals surface area contributed by atoms with E-state index in [1.54, 1.807) is 0 Å². The van der Waals surface area contributed by atoms with Gasteiger partial charge in [0.2, 0.25) is 0 Å². The number of ether oxygens (including phenoxy) is 1. The van der Waals surface area contributed by atoms with Gasteiger partial charge in [0, 0.05) is 0 Å². The molecule has 2 N–H and O–H groups in total. The monoisotopic (exact) mass is 402 g/mol. The zero-order valence-corrected chi connectivity index (χ0v) is 19.1. The van der Waals surface area contributed by atoms with Gasteiger partial charge in [0.05, 0.1) is 24.8 Å². The molecule has 0 aliphatic heterocycles. The first-order valence-electron chi connectivity index (χ1n) is 11.4. The third-order valence-corrected chi connectivity index (χ3v) is 7.99. The van der Waals surface area contributed by atoms with Gasteiger partial charge in [-0.2, -0.15) is 0 Å². The molecule has 0 amide bonds. The molecule has 3 rings (SSSR count). The topological polar surface area (TPSA) is 56.0 Å². The van der Waals surface area contributed by atoms with E-state index in [4.69, 9.17) is 9.15 Å². The highest BCUT2D eigenvalue weighted by molar-refractivity contribution is 5.77. The molecule has 1 heterocycles. The first kappa shape index (κ1) is 22.1.